The lowest BCUT2D eigenvalue weighted by Gasteiger charge is -2.11. The number of anilines is 3. The maximum absolute atomic E-state index is 5.90. The zero-order valence-corrected chi connectivity index (χ0v) is 11.6. The highest BCUT2D eigenvalue weighted by molar-refractivity contribution is 14.1. The van der Waals surface area contributed by atoms with E-state index in [0.717, 1.165) is 17.1 Å². The van der Waals surface area contributed by atoms with Crippen molar-refractivity contribution in [3.8, 4) is 5.75 Å². The lowest BCUT2D eigenvalue weighted by atomic mass is 10.2. The number of nitrogen functional groups attached to an aromatic ring is 1. The predicted octanol–water partition coefficient (Wildman–Crippen LogP) is 3.63. The van der Waals surface area contributed by atoms with Crippen LogP contribution in [-0.4, -0.2) is 7.11 Å². The molecule has 2 aromatic carbocycles. The number of hydrogen-bond acceptors (Lipinski definition) is 3. The molecule has 0 aromatic heterocycles. The number of nitrogens with one attached hydrogen (secondary N) is 1. The third-order valence-corrected chi connectivity index (χ3v) is 3.10. The molecule has 0 aliphatic carbocycles. The van der Waals surface area contributed by atoms with Crippen LogP contribution in [0.15, 0.2) is 42.5 Å². The molecule has 0 atom stereocenters. The van der Waals surface area contributed by atoms with Crippen LogP contribution < -0.4 is 15.8 Å². The zero-order valence-electron chi connectivity index (χ0n) is 9.41. The molecule has 4 heteroatoms. The molecule has 0 heterocycles. The summed E-state index contributed by atoms with van der Waals surface area (Å²) in [6.07, 6.45) is 0. The minimum absolute atomic E-state index is 0.698. The fraction of sp³-hybridized carbons (Fsp3) is 0.0769. The van der Waals surface area contributed by atoms with Gasteiger partial charge in [-0.25, -0.2) is 0 Å². The van der Waals surface area contributed by atoms with Gasteiger partial charge in [0, 0.05) is 15.3 Å². The molecule has 0 bridgehead atoms. The van der Waals surface area contributed by atoms with Gasteiger partial charge < -0.3 is 15.8 Å². The first-order chi connectivity index (χ1) is 8.19. The largest absolute Gasteiger partial charge is 0.497 e. The normalized spacial score (nSPS) is 10.0. The summed E-state index contributed by atoms with van der Waals surface area (Å²) in [5.74, 6) is 0.784. The van der Waals surface area contributed by atoms with Crippen molar-refractivity contribution in [2.75, 3.05) is 18.2 Å². The van der Waals surface area contributed by atoms with E-state index >= 15 is 0 Å². The first-order valence-corrected chi connectivity index (χ1v) is 6.23. The zero-order chi connectivity index (χ0) is 12.3. The van der Waals surface area contributed by atoms with Gasteiger partial charge in [-0.05, 0) is 59.0 Å². The summed E-state index contributed by atoms with van der Waals surface area (Å²) < 4.78 is 6.37. The van der Waals surface area contributed by atoms with Crippen LogP contribution in [0.25, 0.3) is 0 Å². The summed E-state index contributed by atoms with van der Waals surface area (Å²) >= 11 is 2.27. The van der Waals surface area contributed by atoms with Gasteiger partial charge in [-0.3, -0.25) is 0 Å². The van der Waals surface area contributed by atoms with E-state index < -0.39 is 0 Å². The molecule has 0 unspecified atom stereocenters. The number of ether oxygens (including phenoxy) is 1. The summed E-state index contributed by atoms with van der Waals surface area (Å²) in [6.45, 7) is 0. The van der Waals surface area contributed by atoms with Crippen LogP contribution in [0.5, 0.6) is 5.75 Å². The van der Waals surface area contributed by atoms with Gasteiger partial charge in [0.2, 0.25) is 0 Å². The van der Waals surface area contributed by atoms with Crippen molar-refractivity contribution in [2.24, 2.45) is 0 Å². The number of nitrogens with two attached hydrogens (primary N) is 1. The van der Waals surface area contributed by atoms with E-state index in [-0.39, 0.29) is 0 Å². The molecular weight excluding hydrogens is 327 g/mol. The van der Waals surface area contributed by atoms with Crippen LogP contribution in [0.1, 0.15) is 0 Å². The summed E-state index contributed by atoms with van der Waals surface area (Å²) in [5, 5.41) is 3.27. The Hall–Kier alpha value is -1.43. The van der Waals surface area contributed by atoms with Gasteiger partial charge in [0.25, 0.3) is 0 Å². The van der Waals surface area contributed by atoms with Crippen molar-refractivity contribution in [3.05, 3.63) is 46.0 Å². The van der Waals surface area contributed by atoms with Crippen LogP contribution >= 0.6 is 22.6 Å². The third kappa shape index (κ3) is 3.03. The van der Waals surface area contributed by atoms with Crippen molar-refractivity contribution in [1.29, 1.82) is 0 Å². The van der Waals surface area contributed by atoms with Gasteiger partial charge in [-0.1, -0.05) is 0 Å². The Morgan fingerprint density at radius 3 is 2.47 bits per heavy atom. The Labute approximate surface area is 114 Å². The first kappa shape index (κ1) is 12.0. The summed E-state index contributed by atoms with van der Waals surface area (Å²) in [7, 11) is 1.64. The standard InChI is InChI=1S/C13H13IN2O/c1-17-11-6-7-12(15)13(8-11)16-10-4-2-9(14)3-5-10/h2-8,16H,15H2,1H3. The molecule has 17 heavy (non-hydrogen) atoms. The molecule has 0 fully saturated rings. The highest BCUT2D eigenvalue weighted by atomic mass is 127. The first-order valence-electron chi connectivity index (χ1n) is 5.15. The Morgan fingerprint density at radius 1 is 1.12 bits per heavy atom. The molecule has 0 aliphatic heterocycles. The molecule has 0 radical (unpaired) electrons. The quantitative estimate of drug-likeness (QED) is 0.663. The van der Waals surface area contributed by atoms with E-state index in [4.69, 9.17) is 10.5 Å². The molecule has 0 amide bonds. The number of benzene rings is 2. The Bertz CT molecular complexity index is 511. The van der Waals surface area contributed by atoms with Gasteiger partial charge in [0.05, 0.1) is 18.5 Å². The monoisotopic (exact) mass is 340 g/mol. The molecule has 0 spiro atoms. The van der Waals surface area contributed by atoms with Crippen molar-refractivity contribution < 1.29 is 4.74 Å². The predicted molar refractivity (Wildman–Crippen MR) is 79.8 cm³/mol. The molecule has 88 valence electrons. The second-order valence-corrected chi connectivity index (χ2v) is 4.83. The van der Waals surface area contributed by atoms with Crippen LogP contribution in [0.2, 0.25) is 0 Å². The van der Waals surface area contributed by atoms with Crippen molar-refractivity contribution in [1.82, 2.24) is 0 Å². The highest BCUT2D eigenvalue weighted by Crippen LogP contribution is 2.27. The second kappa shape index (κ2) is 5.27. The van der Waals surface area contributed by atoms with Gasteiger partial charge in [-0.2, -0.15) is 0 Å². The second-order valence-electron chi connectivity index (χ2n) is 3.59. The number of rotatable bonds is 3. The lowest BCUT2D eigenvalue weighted by molar-refractivity contribution is 0.415. The van der Waals surface area contributed by atoms with E-state index in [0.29, 0.717) is 5.69 Å². The molecule has 0 aliphatic rings. The number of halogens is 1. The van der Waals surface area contributed by atoms with Gasteiger partial charge in [0.15, 0.2) is 0 Å². The van der Waals surface area contributed by atoms with Gasteiger partial charge in [-0.15, -0.1) is 0 Å². The van der Waals surface area contributed by atoms with E-state index in [9.17, 15) is 0 Å². The topological polar surface area (TPSA) is 47.3 Å². The minimum atomic E-state index is 0.698. The molecule has 2 aromatic rings. The van der Waals surface area contributed by atoms with Crippen LogP contribution in [0, 0.1) is 3.57 Å². The molecule has 3 N–H and O–H groups in total. The van der Waals surface area contributed by atoms with E-state index in [1.165, 1.54) is 3.57 Å². The summed E-state index contributed by atoms with van der Waals surface area (Å²) in [4.78, 5) is 0. The fourth-order valence-corrected chi connectivity index (χ4v) is 1.82. The number of methoxy groups -OCH3 is 1. The average molecular weight is 340 g/mol. The highest BCUT2D eigenvalue weighted by Gasteiger charge is 2.02. The van der Waals surface area contributed by atoms with Crippen molar-refractivity contribution in [3.63, 3.8) is 0 Å². The molecule has 2 rings (SSSR count). The smallest absolute Gasteiger partial charge is 0.121 e. The average Bonchev–Trinajstić information content (AvgIpc) is 2.35. The van der Waals surface area contributed by atoms with Crippen molar-refractivity contribution in [2.45, 2.75) is 0 Å². The van der Waals surface area contributed by atoms with Crippen LogP contribution in [-0.2, 0) is 0 Å². The Balaban J connectivity index is 2.25. The van der Waals surface area contributed by atoms with Crippen LogP contribution in [0.3, 0.4) is 0 Å². The van der Waals surface area contributed by atoms with Gasteiger partial charge >= 0.3 is 0 Å². The molecule has 0 saturated carbocycles. The maximum atomic E-state index is 5.90. The van der Waals surface area contributed by atoms with Crippen LogP contribution in [0.4, 0.5) is 17.1 Å². The SMILES string of the molecule is COc1ccc(N)c(Nc2ccc(I)cc2)c1. The molecule has 0 saturated heterocycles. The molecular formula is C13H13IN2O. The Morgan fingerprint density at radius 2 is 1.82 bits per heavy atom. The molecule has 3 nitrogen and oxygen atoms in total. The summed E-state index contributed by atoms with van der Waals surface area (Å²) in [5.41, 5.74) is 8.46. The van der Waals surface area contributed by atoms with E-state index in [1.54, 1.807) is 7.11 Å². The van der Waals surface area contributed by atoms with Gasteiger partial charge in [0.1, 0.15) is 5.75 Å². The lowest BCUT2D eigenvalue weighted by Crippen LogP contribution is -1.97. The minimum Gasteiger partial charge on any atom is -0.497 e. The Kier molecular flexibility index (Phi) is 3.73. The third-order valence-electron chi connectivity index (χ3n) is 2.38. The fourth-order valence-electron chi connectivity index (χ4n) is 1.46. The van der Waals surface area contributed by atoms with E-state index in [2.05, 4.69) is 27.9 Å². The number of hydrogen-bond donors (Lipinski definition) is 2. The van der Waals surface area contributed by atoms with Crippen molar-refractivity contribution >= 4 is 39.7 Å². The summed E-state index contributed by atoms with van der Waals surface area (Å²) in [6, 6.07) is 13.7. The van der Waals surface area contributed by atoms with E-state index in [1.807, 2.05) is 42.5 Å². The maximum Gasteiger partial charge on any atom is 0.121 e.